The third-order valence-corrected chi connectivity index (χ3v) is 3.23. The molecule has 1 rings (SSSR count). The summed E-state index contributed by atoms with van der Waals surface area (Å²) in [5, 5.41) is 3.02. The first kappa shape index (κ1) is 16.5. The largest absolute Gasteiger partial charge is 0.345 e. The summed E-state index contributed by atoms with van der Waals surface area (Å²) in [6, 6.07) is 4.12. The Labute approximate surface area is 124 Å². The Balaban J connectivity index is 2.98. The Morgan fingerprint density at radius 2 is 1.90 bits per heavy atom. The van der Waals surface area contributed by atoms with Gasteiger partial charge in [-0.25, -0.2) is 0 Å². The smallest absolute Gasteiger partial charge is 0.253 e. The fraction of sp³-hybridized carbons (Fsp3) is 0.429. The van der Waals surface area contributed by atoms with E-state index in [9.17, 15) is 9.59 Å². The second-order valence-corrected chi connectivity index (χ2v) is 5.56. The molecule has 110 valence electrons. The van der Waals surface area contributed by atoms with E-state index in [2.05, 4.69) is 5.32 Å². The molecule has 2 amide bonds. The van der Waals surface area contributed by atoms with Crippen LogP contribution in [0.15, 0.2) is 18.2 Å². The second-order valence-electron chi connectivity index (χ2n) is 5.15. The first-order valence-electron chi connectivity index (χ1n) is 6.31. The molecule has 0 bridgehead atoms. The molecule has 6 heteroatoms. The van der Waals surface area contributed by atoms with Crippen LogP contribution in [0, 0.1) is 5.92 Å². The molecule has 1 unspecified atom stereocenters. The number of carbonyl (C=O) groups is 2. The summed E-state index contributed by atoms with van der Waals surface area (Å²) >= 11 is 6.03. The highest BCUT2D eigenvalue weighted by atomic mass is 35.5. The normalized spacial score (nSPS) is 12.2. The molecule has 1 aromatic carbocycles. The van der Waals surface area contributed by atoms with Crippen LogP contribution in [0.5, 0.6) is 0 Å². The van der Waals surface area contributed by atoms with Crippen LogP contribution in [0.2, 0.25) is 5.02 Å². The van der Waals surface area contributed by atoms with Crippen molar-refractivity contribution in [2.24, 2.45) is 11.7 Å². The lowest BCUT2D eigenvalue weighted by Crippen LogP contribution is -2.39. The average molecular weight is 298 g/mol. The number of halogens is 1. The Hall–Kier alpha value is -1.59. The molecule has 0 saturated carbocycles. The van der Waals surface area contributed by atoms with Gasteiger partial charge in [0.15, 0.2) is 0 Å². The number of carbonyl (C=O) groups excluding carboxylic acids is 2. The van der Waals surface area contributed by atoms with Gasteiger partial charge in [0.25, 0.3) is 5.91 Å². The van der Waals surface area contributed by atoms with Gasteiger partial charge in [-0.1, -0.05) is 25.4 Å². The highest BCUT2D eigenvalue weighted by molar-refractivity contribution is 6.34. The maximum Gasteiger partial charge on any atom is 0.253 e. The van der Waals surface area contributed by atoms with Crippen LogP contribution in [0.1, 0.15) is 24.2 Å². The number of amides is 2. The summed E-state index contributed by atoms with van der Waals surface area (Å²) in [5.74, 6) is -0.470. The summed E-state index contributed by atoms with van der Waals surface area (Å²) in [6.45, 7) is 3.72. The number of nitrogens with one attached hydrogen (secondary N) is 1. The van der Waals surface area contributed by atoms with Crippen LogP contribution in [0.25, 0.3) is 0 Å². The van der Waals surface area contributed by atoms with Gasteiger partial charge in [-0.2, -0.15) is 0 Å². The molecule has 3 N–H and O–H groups in total. The number of anilines is 1. The molecule has 0 saturated heterocycles. The monoisotopic (exact) mass is 297 g/mol. The molecular formula is C14H20ClN3O2. The second kappa shape index (κ2) is 6.72. The van der Waals surface area contributed by atoms with Crippen molar-refractivity contribution in [2.75, 3.05) is 19.4 Å². The lowest BCUT2D eigenvalue weighted by Gasteiger charge is -2.17. The maximum atomic E-state index is 11.9. The number of nitrogens with two attached hydrogens (primary N) is 1. The van der Waals surface area contributed by atoms with E-state index >= 15 is 0 Å². The third-order valence-electron chi connectivity index (χ3n) is 2.90. The van der Waals surface area contributed by atoms with Gasteiger partial charge in [-0.05, 0) is 24.1 Å². The van der Waals surface area contributed by atoms with Crippen molar-refractivity contribution in [3.05, 3.63) is 28.8 Å². The molecular weight excluding hydrogens is 278 g/mol. The molecule has 1 atom stereocenters. The predicted molar refractivity (Wildman–Crippen MR) is 80.9 cm³/mol. The molecule has 0 aliphatic heterocycles. The predicted octanol–water partition coefficient (Wildman–Crippen LogP) is 1.96. The van der Waals surface area contributed by atoms with Crippen LogP contribution >= 0.6 is 11.6 Å². The van der Waals surface area contributed by atoms with E-state index in [0.29, 0.717) is 16.3 Å². The van der Waals surface area contributed by atoms with E-state index in [1.54, 1.807) is 32.3 Å². The number of nitrogens with zero attached hydrogens (tertiary/aromatic N) is 1. The molecule has 0 spiro atoms. The highest BCUT2D eigenvalue weighted by Gasteiger charge is 2.19. The third kappa shape index (κ3) is 3.95. The van der Waals surface area contributed by atoms with Gasteiger partial charge in [0, 0.05) is 19.7 Å². The van der Waals surface area contributed by atoms with Crippen LogP contribution in [-0.4, -0.2) is 36.9 Å². The van der Waals surface area contributed by atoms with Crippen molar-refractivity contribution < 1.29 is 9.59 Å². The van der Waals surface area contributed by atoms with Gasteiger partial charge < -0.3 is 16.0 Å². The zero-order chi connectivity index (χ0) is 15.4. The quantitative estimate of drug-likeness (QED) is 0.892. The lowest BCUT2D eigenvalue weighted by atomic mass is 10.0. The van der Waals surface area contributed by atoms with E-state index in [0.717, 1.165) is 0 Å². The van der Waals surface area contributed by atoms with Crippen molar-refractivity contribution in [2.45, 2.75) is 19.9 Å². The molecule has 0 aliphatic rings. The number of hydrogen-bond acceptors (Lipinski definition) is 3. The van der Waals surface area contributed by atoms with Gasteiger partial charge in [0.1, 0.15) is 0 Å². The fourth-order valence-electron chi connectivity index (χ4n) is 1.53. The molecule has 20 heavy (non-hydrogen) atoms. The van der Waals surface area contributed by atoms with Gasteiger partial charge >= 0.3 is 0 Å². The van der Waals surface area contributed by atoms with E-state index in [1.165, 1.54) is 4.90 Å². The molecule has 0 fully saturated rings. The standard InChI is InChI=1S/C14H20ClN3O2/c1-8(2)12(16)13(19)17-11-7-9(5-6-10(11)15)14(20)18(3)4/h5-8,12H,16H2,1-4H3,(H,17,19). The number of benzene rings is 1. The minimum atomic E-state index is -0.626. The lowest BCUT2D eigenvalue weighted by molar-refractivity contribution is -0.118. The summed E-state index contributed by atoms with van der Waals surface area (Å²) in [5.41, 5.74) is 6.61. The van der Waals surface area contributed by atoms with E-state index in [1.807, 2.05) is 13.8 Å². The van der Waals surface area contributed by atoms with Crippen molar-refractivity contribution in [1.29, 1.82) is 0 Å². The van der Waals surface area contributed by atoms with Gasteiger partial charge in [-0.3, -0.25) is 9.59 Å². The van der Waals surface area contributed by atoms with Crippen molar-refractivity contribution in [1.82, 2.24) is 4.90 Å². The van der Waals surface area contributed by atoms with Crippen molar-refractivity contribution >= 4 is 29.1 Å². The van der Waals surface area contributed by atoms with Crippen molar-refractivity contribution in [3.8, 4) is 0 Å². The average Bonchev–Trinajstić information content (AvgIpc) is 2.39. The molecule has 5 nitrogen and oxygen atoms in total. The Morgan fingerprint density at radius 1 is 1.30 bits per heavy atom. The fourth-order valence-corrected chi connectivity index (χ4v) is 1.70. The van der Waals surface area contributed by atoms with Gasteiger partial charge in [0.05, 0.1) is 16.8 Å². The summed E-state index contributed by atoms with van der Waals surface area (Å²) in [4.78, 5) is 25.3. The summed E-state index contributed by atoms with van der Waals surface area (Å²) in [6.07, 6.45) is 0. The Morgan fingerprint density at radius 3 is 2.40 bits per heavy atom. The molecule has 0 aliphatic carbocycles. The van der Waals surface area contributed by atoms with E-state index in [4.69, 9.17) is 17.3 Å². The minimum absolute atomic E-state index is 0.0142. The van der Waals surface area contributed by atoms with Gasteiger partial charge in [0.2, 0.25) is 5.91 Å². The van der Waals surface area contributed by atoms with Gasteiger partial charge in [-0.15, -0.1) is 0 Å². The van der Waals surface area contributed by atoms with Crippen LogP contribution in [-0.2, 0) is 4.79 Å². The first-order valence-corrected chi connectivity index (χ1v) is 6.69. The Kier molecular flexibility index (Phi) is 5.53. The molecule has 0 radical (unpaired) electrons. The zero-order valence-electron chi connectivity index (χ0n) is 12.1. The SMILES string of the molecule is CC(C)C(N)C(=O)Nc1cc(C(=O)N(C)C)ccc1Cl. The van der Waals surface area contributed by atoms with Crippen LogP contribution in [0.4, 0.5) is 5.69 Å². The minimum Gasteiger partial charge on any atom is -0.345 e. The number of rotatable bonds is 4. The Bertz CT molecular complexity index is 515. The summed E-state index contributed by atoms with van der Waals surface area (Å²) < 4.78 is 0. The van der Waals surface area contributed by atoms with Crippen LogP contribution in [0.3, 0.4) is 0 Å². The molecule has 0 aromatic heterocycles. The maximum absolute atomic E-state index is 11.9. The number of hydrogen-bond donors (Lipinski definition) is 2. The molecule has 0 heterocycles. The highest BCUT2D eigenvalue weighted by Crippen LogP contribution is 2.24. The topological polar surface area (TPSA) is 75.4 Å². The van der Waals surface area contributed by atoms with E-state index < -0.39 is 6.04 Å². The van der Waals surface area contributed by atoms with Crippen LogP contribution < -0.4 is 11.1 Å². The summed E-state index contributed by atoms with van der Waals surface area (Å²) in [7, 11) is 3.31. The zero-order valence-corrected chi connectivity index (χ0v) is 12.9. The van der Waals surface area contributed by atoms with Crippen molar-refractivity contribution in [3.63, 3.8) is 0 Å². The first-order chi connectivity index (χ1) is 9.23. The van der Waals surface area contributed by atoms with E-state index in [-0.39, 0.29) is 17.7 Å². The molecule has 1 aromatic rings.